The van der Waals surface area contributed by atoms with Gasteiger partial charge in [0, 0.05) is 6.07 Å². The molecular formula is C10H5F5N2O. The van der Waals surface area contributed by atoms with Crippen LogP contribution in [0, 0.1) is 11.6 Å². The molecule has 0 fully saturated rings. The summed E-state index contributed by atoms with van der Waals surface area (Å²) in [4.78, 5) is 0. The van der Waals surface area contributed by atoms with Gasteiger partial charge < -0.3 is 10.3 Å². The Morgan fingerprint density at radius 3 is 2.11 bits per heavy atom. The summed E-state index contributed by atoms with van der Waals surface area (Å²) >= 11 is 0. The molecule has 0 saturated carbocycles. The lowest BCUT2D eigenvalue weighted by atomic mass is 10.0. The van der Waals surface area contributed by atoms with Crippen molar-refractivity contribution in [2.75, 3.05) is 5.73 Å². The maximum Gasteiger partial charge on any atom is 0.437 e. The van der Waals surface area contributed by atoms with Gasteiger partial charge in [-0.1, -0.05) is 5.16 Å². The molecule has 0 saturated heterocycles. The SMILES string of the molecule is Nc1onc(C(F)(F)F)c1-c1cc(F)cc(F)c1. The van der Waals surface area contributed by atoms with Crippen molar-refractivity contribution in [3.63, 3.8) is 0 Å². The molecule has 0 aliphatic heterocycles. The van der Waals surface area contributed by atoms with Gasteiger partial charge in [0.05, 0.1) is 5.56 Å². The van der Waals surface area contributed by atoms with Crippen LogP contribution in [0.2, 0.25) is 0 Å². The minimum Gasteiger partial charge on any atom is -0.367 e. The van der Waals surface area contributed by atoms with Crippen LogP contribution >= 0.6 is 0 Å². The van der Waals surface area contributed by atoms with Crippen LogP contribution in [0.4, 0.5) is 27.8 Å². The van der Waals surface area contributed by atoms with Crippen LogP contribution in [0.3, 0.4) is 0 Å². The molecule has 0 amide bonds. The fourth-order valence-electron chi connectivity index (χ4n) is 1.47. The van der Waals surface area contributed by atoms with Gasteiger partial charge in [0.15, 0.2) is 5.69 Å². The lowest BCUT2D eigenvalue weighted by molar-refractivity contribution is -0.142. The predicted molar refractivity (Wildman–Crippen MR) is 51.3 cm³/mol. The van der Waals surface area contributed by atoms with Gasteiger partial charge in [-0.25, -0.2) is 8.78 Å². The smallest absolute Gasteiger partial charge is 0.367 e. The number of aromatic nitrogens is 1. The Balaban J connectivity index is 2.67. The highest BCUT2D eigenvalue weighted by Gasteiger charge is 2.39. The maximum atomic E-state index is 13.0. The second-order valence-corrected chi connectivity index (χ2v) is 3.43. The minimum absolute atomic E-state index is 0.390. The average Bonchev–Trinajstić information content (AvgIpc) is 2.57. The van der Waals surface area contributed by atoms with E-state index in [0.717, 1.165) is 0 Å². The van der Waals surface area contributed by atoms with Gasteiger partial charge in [-0.2, -0.15) is 13.2 Å². The predicted octanol–water partition coefficient (Wildman–Crippen LogP) is 3.22. The number of benzene rings is 1. The monoisotopic (exact) mass is 264 g/mol. The number of nitrogen functional groups attached to an aromatic ring is 1. The lowest BCUT2D eigenvalue weighted by Gasteiger charge is -2.06. The molecule has 3 nitrogen and oxygen atoms in total. The summed E-state index contributed by atoms with van der Waals surface area (Å²) in [5.74, 6) is -2.72. The maximum absolute atomic E-state index is 13.0. The molecule has 0 atom stereocenters. The molecule has 0 spiro atoms. The zero-order chi connectivity index (χ0) is 13.5. The number of alkyl halides is 3. The third-order valence-corrected chi connectivity index (χ3v) is 2.14. The molecule has 1 heterocycles. The summed E-state index contributed by atoms with van der Waals surface area (Å²) < 4.78 is 67.9. The minimum atomic E-state index is -4.83. The number of halogens is 5. The summed E-state index contributed by atoms with van der Waals surface area (Å²) in [6, 6.07) is 1.95. The second-order valence-electron chi connectivity index (χ2n) is 3.43. The Labute approximate surface area is 97.0 Å². The Morgan fingerprint density at radius 1 is 1.06 bits per heavy atom. The van der Waals surface area contributed by atoms with Crippen LogP contribution in [0.25, 0.3) is 11.1 Å². The Morgan fingerprint density at radius 2 is 1.61 bits per heavy atom. The van der Waals surface area contributed by atoms with Gasteiger partial charge in [0.25, 0.3) is 0 Å². The fourth-order valence-corrected chi connectivity index (χ4v) is 1.47. The van der Waals surface area contributed by atoms with Crippen LogP contribution in [-0.2, 0) is 6.18 Å². The third-order valence-electron chi connectivity index (χ3n) is 2.14. The van der Waals surface area contributed by atoms with Crippen molar-refractivity contribution < 1.29 is 26.5 Å². The van der Waals surface area contributed by atoms with Crippen molar-refractivity contribution in [3.05, 3.63) is 35.5 Å². The van der Waals surface area contributed by atoms with E-state index in [9.17, 15) is 22.0 Å². The molecule has 0 bridgehead atoms. The molecule has 2 aromatic rings. The summed E-state index contributed by atoms with van der Waals surface area (Å²) in [7, 11) is 0. The molecular weight excluding hydrogens is 259 g/mol. The van der Waals surface area contributed by atoms with Gasteiger partial charge in [0.2, 0.25) is 5.88 Å². The molecule has 18 heavy (non-hydrogen) atoms. The lowest BCUT2D eigenvalue weighted by Crippen LogP contribution is -2.07. The largest absolute Gasteiger partial charge is 0.437 e. The first-order valence-corrected chi connectivity index (χ1v) is 4.58. The third kappa shape index (κ3) is 2.13. The average molecular weight is 264 g/mol. The van der Waals surface area contributed by atoms with Crippen molar-refractivity contribution >= 4 is 5.88 Å². The highest BCUT2D eigenvalue weighted by atomic mass is 19.4. The van der Waals surface area contributed by atoms with E-state index >= 15 is 0 Å². The first kappa shape index (κ1) is 12.3. The number of anilines is 1. The van der Waals surface area contributed by atoms with Gasteiger partial charge >= 0.3 is 6.18 Å². The van der Waals surface area contributed by atoms with E-state index in [1.807, 2.05) is 0 Å². The van der Waals surface area contributed by atoms with E-state index in [1.165, 1.54) is 0 Å². The Hall–Kier alpha value is -2.12. The van der Waals surface area contributed by atoms with Gasteiger partial charge in [-0.15, -0.1) is 0 Å². The normalized spacial score (nSPS) is 11.8. The van der Waals surface area contributed by atoms with Crippen molar-refractivity contribution in [2.24, 2.45) is 0 Å². The number of hydrogen-bond acceptors (Lipinski definition) is 3. The molecule has 0 radical (unpaired) electrons. The van der Waals surface area contributed by atoms with E-state index in [2.05, 4.69) is 9.68 Å². The van der Waals surface area contributed by atoms with Crippen molar-refractivity contribution in [3.8, 4) is 11.1 Å². The molecule has 1 aromatic carbocycles. The summed E-state index contributed by atoms with van der Waals surface area (Å²) in [5.41, 5.74) is 2.70. The molecule has 0 unspecified atom stereocenters. The zero-order valence-corrected chi connectivity index (χ0v) is 8.55. The number of hydrogen-bond donors (Lipinski definition) is 1. The van der Waals surface area contributed by atoms with E-state index in [-0.39, 0.29) is 0 Å². The van der Waals surface area contributed by atoms with Crippen LogP contribution in [0.15, 0.2) is 22.7 Å². The standard InChI is InChI=1S/C10H5F5N2O/c11-5-1-4(2-6(12)3-5)7-8(10(13,14)15)17-18-9(7)16/h1-3H,16H2. The van der Waals surface area contributed by atoms with Crippen molar-refractivity contribution in [1.82, 2.24) is 5.16 Å². The summed E-state index contributed by atoms with van der Waals surface area (Å²) in [6.07, 6.45) is -4.83. The second kappa shape index (κ2) is 3.97. The number of nitrogens with two attached hydrogens (primary N) is 1. The molecule has 2 rings (SSSR count). The van der Waals surface area contributed by atoms with Gasteiger partial charge in [-0.05, 0) is 17.7 Å². The topological polar surface area (TPSA) is 52.0 Å². The highest BCUT2D eigenvalue weighted by molar-refractivity contribution is 5.75. The van der Waals surface area contributed by atoms with Crippen LogP contribution in [0.5, 0.6) is 0 Å². The number of rotatable bonds is 1. The molecule has 2 N–H and O–H groups in total. The van der Waals surface area contributed by atoms with Crippen LogP contribution < -0.4 is 5.73 Å². The summed E-state index contributed by atoms with van der Waals surface area (Å²) in [5, 5.41) is 2.75. The fraction of sp³-hybridized carbons (Fsp3) is 0.100. The van der Waals surface area contributed by atoms with Gasteiger partial charge in [0.1, 0.15) is 11.6 Å². The highest BCUT2D eigenvalue weighted by Crippen LogP contribution is 2.39. The van der Waals surface area contributed by atoms with Crippen molar-refractivity contribution in [2.45, 2.75) is 6.18 Å². The first-order chi connectivity index (χ1) is 8.29. The zero-order valence-electron chi connectivity index (χ0n) is 8.55. The van der Waals surface area contributed by atoms with E-state index in [0.29, 0.717) is 18.2 Å². The molecule has 0 aliphatic rings. The Bertz CT molecular complexity index is 570. The van der Waals surface area contributed by atoms with Crippen LogP contribution in [-0.4, -0.2) is 5.16 Å². The van der Waals surface area contributed by atoms with E-state index in [4.69, 9.17) is 5.73 Å². The van der Waals surface area contributed by atoms with E-state index in [1.54, 1.807) is 0 Å². The van der Waals surface area contributed by atoms with Crippen LogP contribution in [0.1, 0.15) is 5.69 Å². The molecule has 8 heteroatoms. The van der Waals surface area contributed by atoms with Gasteiger partial charge in [-0.3, -0.25) is 0 Å². The number of nitrogens with zero attached hydrogens (tertiary/aromatic N) is 1. The molecule has 96 valence electrons. The Kier molecular flexibility index (Phi) is 2.72. The molecule has 0 aliphatic carbocycles. The first-order valence-electron chi connectivity index (χ1n) is 4.58. The quantitative estimate of drug-likeness (QED) is 0.804. The van der Waals surface area contributed by atoms with Crippen molar-refractivity contribution in [1.29, 1.82) is 0 Å². The molecule has 1 aromatic heterocycles. The summed E-state index contributed by atoms with van der Waals surface area (Å²) in [6.45, 7) is 0. The van der Waals surface area contributed by atoms with E-state index < -0.39 is 40.5 Å².